The molecule has 0 aliphatic heterocycles. The van der Waals surface area contributed by atoms with Gasteiger partial charge in [-0.2, -0.15) is 11.8 Å². The predicted molar refractivity (Wildman–Crippen MR) is 69.6 cm³/mol. The van der Waals surface area contributed by atoms with Gasteiger partial charge in [0.25, 0.3) is 0 Å². The van der Waals surface area contributed by atoms with E-state index in [2.05, 4.69) is 38.5 Å². The van der Waals surface area contributed by atoms with Crippen molar-refractivity contribution in [3.8, 4) is 0 Å². The average molecular weight is 371 g/mol. The second-order valence-electron chi connectivity index (χ2n) is 2.48. The summed E-state index contributed by atoms with van der Waals surface area (Å²) >= 11 is 7.12. The van der Waals surface area contributed by atoms with Crippen molar-refractivity contribution in [1.29, 1.82) is 0 Å². The minimum absolute atomic E-state index is 0.179. The molecule has 1 aromatic carbocycles. The molecule has 0 spiro atoms. The Kier molecular flexibility index (Phi) is 4.75. The largest absolute Gasteiger partial charge is 0.293 e. The SMILES string of the molecule is CSCC(=O)c1cc(I)ccc1Br. The van der Waals surface area contributed by atoms with Gasteiger partial charge in [0.05, 0.1) is 5.75 Å². The first kappa shape index (κ1) is 11.5. The first-order valence-electron chi connectivity index (χ1n) is 3.62. The third-order valence-corrected chi connectivity index (χ3v) is 3.42. The van der Waals surface area contributed by atoms with Crippen LogP contribution >= 0.6 is 50.3 Å². The van der Waals surface area contributed by atoms with Gasteiger partial charge in [0.1, 0.15) is 0 Å². The van der Waals surface area contributed by atoms with E-state index in [0.717, 1.165) is 13.6 Å². The van der Waals surface area contributed by atoms with E-state index in [-0.39, 0.29) is 5.78 Å². The van der Waals surface area contributed by atoms with Crippen molar-refractivity contribution in [2.45, 2.75) is 0 Å². The zero-order valence-electron chi connectivity index (χ0n) is 7.01. The highest BCUT2D eigenvalue weighted by Gasteiger charge is 2.09. The van der Waals surface area contributed by atoms with Gasteiger partial charge in [-0.1, -0.05) is 15.9 Å². The molecule has 0 N–H and O–H groups in total. The molecule has 0 atom stereocenters. The molecule has 4 heteroatoms. The van der Waals surface area contributed by atoms with Gasteiger partial charge in [-0.25, -0.2) is 0 Å². The standard InChI is InChI=1S/C9H8BrIOS/c1-13-5-9(12)7-4-6(11)2-3-8(7)10/h2-4H,5H2,1H3. The van der Waals surface area contributed by atoms with E-state index in [1.807, 2.05) is 24.5 Å². The Balaban J connectivity index is 2.99. The highest BCUT2D eigenvalue weighted by atomic mass is 127. The molecule has 1 nitrogen and oxygen atoms in total. The Morgan fingerprint density at radius 1 is 1.62 bits per heavy atom. The lowest BCUT2D eigenvalue weighted by Gasteiger charge is -2.02. The fourth-order valence-corrected chi connectivity index (χ4v) is 2.30. The highest BCUT2D eigenvalue weighted by Crippen LogP contribution is 2.20. The van der Waals surface area contributed by atoms with Crippen LogP contribution in [0, 0.1) is 3.57 Å². The van der Waals surface area contributed by atoms with Gasteiger partial charge >= 0.3 is 0 Å². The van der Waals surface area contributed by atoms with Crippen LogP contribution in [0.5, 0.6) is 0 Å². The molecule has 0 aliphatic rings. The molecule has 0 saturated carbocycles. The summed E-state index contributed by atoms with van der Waals surface area (Å²) in [5.41, 5.74) is 0.779. The van der Waals surface area contributed by atoms with Crippen molar-refractivity contribution in [3.63, 3.8) is 0 Å². The fourth-order valence-electron chi connectivity index (χ4n) is 0.920. The monoisotopic (exact) mass is 370 g/mol. The molecule has 0 amide bonds. The van der Waals surface area contributed by atoms with E-state index in [1.54, 1.807) is 11.8 Å². The molecule has 13 heavy (non-hydrogen) atoms. The Morgan fingerprint density at radius 3 is 2.92 bits per heavy atom. The maximum Gasteiger partial charge on any atom is 0.173 e. The topological polar surface area (TPSA) is 17.1 Å². The van der Waals surface area contributed by atoms with E-state index in [1.165, 1.54) is 0 Å². The Bertz CT molecular complexity index is 327. The summed E-state index contributed by atoms with van der Waals surface area (Å²) in [5.74, 6) is 0.719. The number of rotatable bonds is 3. The number of ketones is 1. The van der Waals surface area contributed by atoms with Crippen LogP contribution in [0.2, 0.25) is 0 Å². The predicted octanol–water partition coefficient (Wildman–Crippen LogP) is 3.60. The second kappa shape index (κ2) is 5.36. The highest BCUT2D eigenvalue weighted by molar-refractivity contribution is 14.1. The molecule has 0 unspecified atom stereocenters. The second-order valence-corrected chi connectivity index (χ2v) is 5.45. The first-order chi connectivity index (χ1) is 6.15. The van der Waals surface area contributed by atoms with E-state index in [4.69, 9.17) is 0 Å². The van der Waals surface area contributed by atoms with Crippen molar-refractivity contribution in [3.05, 3.63) is 31.8 Å². The maximum atomic E-state index is 11.6. The van der Waals surface area contributed by atoms with Crippen LogP contribution in [0.25, 0.3) is 0 Å². The smallest absolute Gasteiger partial charge is 0.173 e. The van der Waals surface area contributed by atoms with Crippen LogP contribution in [0.1, 0.15) is 10.4 Å². The van der Waals surface area contributed by atoms with Crippen molar-refractivity contribution >= 4 is 56.1 Å². The molecule has 0 aliphatic carbocycles. The number of hydrogen-bond donors (Lipinski definition) is 0. The van der Waals surface area contributed by atoms with E-state index >= 15 is 0 Å². The number of halogens is 2. The van der Waals surface area contributed by atoms with Gasteiger partial charge in [-0.3, -0.25) is 4.79 Å². The van der Waals surface area contributed by atoms with Crippen LogP contribution in [0.4, 0.5) is 0 Å². The summed E-state index contributed by atoms with van der Waals surface area (Å²) in [6.07, 6.45) is 1.93. The lowest BCUT2D eigenvalue weighted by atomic mass is 10.1. The average Bonchev–Trinajstić information content (AvgIpc) is 2.09. The molecule has 1 rings (SSSR count). The summed E-state index contributed by atoms with van der Waals surface area (Å²) in [6, 6.07) is 5.79. The Hall–Kier alpha value is 0.450. The van der Waals surface area contributed by atoms with Gasteiger partial charge < -0.3 is 0 Å². The zero-order chi connectivity index (χ0) is 9.84. The first-order valence-corrected chi connectivity index (χ1v) is 6.89. The van der Waals surface area contributed by atoms with Crippen LogP contribution in [0.15, 0.2) is 22.7 Å². The Labute approximate surface area is 104 Å². The number of Topliss-reactive ketones (excluding diaryl/α,β-unsaturated/α-hetero) is 1. The zero-order valence-corrected chi connectivity index (χ0v) is 11.6. The van der Waals surface area contributed by atoms with E-state index < -0.39 is 0 Å². The lowest BCUT2D eigenvalue weighted by molar-refractivity contribution is 0.102. The molecule has 0 aromatic heterocycles. The van der Waals surface area contributed by atoms with Gasteiger partial charge in [-0.15, -0.1) is 0 Å². The molecular formula is C9H8BrIOS. The number of benzene rings is 1. The molecule has 0 bridgehead atoms. The number of carbonyl (C=O) groups is 1. The number of thioether (sulfide) groups is 1. The lowest BCUT2D eigenvalue weighted by Crippen LogP contribution is -2.03. The molecule has 0 fully saturated rings. The summed E-state index contributed by atoms with van der Waals surface area (Å²) in [7, 11) is 0. The normalized spacial score (nSPS) is 10.1. The van der Waals surface area contributed by atoms with E-state index in [0.29, 0.717) is 5.75 Å². The van der Waals surface area contributed by atoms with Gasteiger partial charge in [-0.05, 0) is 47.0 Å². The van der Waals surface area contributed by atoms with Crippen molar-refractivity contribution in [2.24, 2.45) is 0 Å². The summed E-state index contributed by atoms with van der Waals surface area (Å²) in [6.45, 7) is 0. The summed E-state index contributed by atoms with van der Waals surface area (Å²) in [4.78, 5) is 11.6. The minimum Gasteiger partial charge on any atom is -0.293 e. The fraction of sp³-hybridized carbons (Fsp3) is 0.222. The number of carbonyl (C=O) groups excluding carboxylic acids is 1. The summed E-state index contributed by atoms with van der Waals surface area (Å²) in [5, 5.41) is 0. The van der Waals surface area contributed by atoms with Crippen LogP contribution < -0.4 is 0 Å². The van der Waals surface area contributed by atoms with Gasteiger partial charge in [0, 0.05) is 13.6 Å². The van der Waals surface area contributed by atoms with Crippen molar-refractivity contribution in [1.82, 2.24) is 0 Å². The minimum atomic E-state index is 0.179. The van der Waals surface area contributed by atoms with Crippen molar-refractivity contribution in [2.75, 3.05) is 12.0 Å². The number of hydrogen-bond acceptors (Lipinski definition) is 2. The maximum absolute atomic E-state index is 11.6. The third kappa shape index (κ3) is 3.25. The molecule has 70 valence electrons. The van der Waals surface area contributed by atoms with Crippen LogP contribution in [-0.4, -0.2) is 17.8 Å². The van der Waals surface area contributed by atoms with Crippen LogP contribution in [-0.2, 0) is 0 Å². The van der Waals surface area contributed by atoms with E-state index in [9.17, 15) is 4.79 Å². The quantitative estimate of drug-likeness (QED) is 0.597. The molecule has 0 saturated heterocycles. The molecule has 0 heterocycles. The Morgan fingerprint density at radius 2 is 2.31 bits per heavy atom. The van der Waals surface area contributed by atoms with Gasteiger partial charge in [0.2, 0.25) is 0 Å². The molecule has 1 aromatic rings. The molecule has 0 radical (unpaired) electrons. The third-order valence-electron chi connectivity index (χ3n) is 1.50. The van der Waals surface area contributed by atoms with Gasteiger partial charge in [0.15, 0.2) is 5.78 Å². The summed E-state index contributed by atoms with van der Waals surface area (Å²) < 4.78 is 1.97. The molecular weight excluding hydrogens is 363 g/mol. The van der Waals surface area contributed by atoms with Crippen molar-refractivity contribution < 1.29 is 4.79 Å². The van der Waals surface area contributed by atoms with Crippen LogP contribution in [0.3, 0.4) is 0 Å².